The zero-order valence-electron chi connectivity index (χ0n) is 12.0. The third kappa shape index (κ3) is 4.42. The summed E-state index contributed by atoms with van der Waals surface area (Å²) in [6, 6.07) is 3.47. The number of rotatable bonds is 6. The number of aryl methyl sites for hydroxylation is 1. The first kappa shape index (κ1) is 15.2. The number of anilines is 1. The highest BCUT2D eigenvalue weighted by atomic mass is 32.1. The Morgan fingerprint density at radius 2 is 2.24 bits per heavy atom. The SMILES string of the molecule is CCCNc1cc(C(=O)NCc2csc(=O)[nH]2)cc(C)n1. The predicted molar refractivity (Wildman–Crippen MR) is 83.9 cm³/mol. The van der Waals surface area contributed by atoms with Crippen LogP contribution in [0.2, 0.25) is 0 Å². The third-order valence-electron chi connectivity index (χ3n) is 2.78. The van der Waals surface area contributed by atoms with Gasteiger partial charge in [-0.25, -0.2) is 4.98 Å². The molecule has 0 aromatic carbocycles. The second kappa shape index (κ2) is 7.03. The molecule has 0 saturated carbocycles. The molecule has 6 nitrogen and oxygen atoms in total. The Kier molecular flexibility index (Phi) is 5.10. The number of aromatic nitrogens is 2. The Hall–Kier alpha value is -2.15. The summed E-state index contributed by atoms with van der Waals surface area (Å²) in [5, 5.41) is 7.65. The fourth-order valence-corrected chi connectivity index (χ4v) is 2.40. The van der Waals surface area contributed by atoms with Crippen molar-refractivity contribution in [2.45, 2.75) is 26.8 Å². The van der Waals surface area contributed by atoms with Crippen molar-refractivity contribution >= 4 is 23.1 Å². The van der Waals surface area contributed by atoms with E-state index >= 15 is 0 Å². The zero-order valence-corrected chi connectivity index (χ0v) is 12.8. The van der Waals surface area contributed by atoms with Crippen molar-refractivity contribution < 1.29 is 4.79 Å². The van der Waals surface area contributed by atoms with Gasteiger partial charge in [-0.2, -0.15) is 0 Å². The zero-order chi connectivity index (χ0) is 15.2. The fraction of sp³-hybridized carbons (Fsp3) is 0.357. The van der Waals surface area contributed by atoms with Crippen molar-refractivity contribution in [3.05, 3.63) is 44.1 Å². The number of aromatic amines is 1. The van der Waals surface area contributed by atoms with Gasteiger partial charge in [0.25, 0.3) is 5.91 Å². The second-order valence-corrected chi connectivity index (χ2v) is 5.51. The molecule has 3 N–H and O–H groups in total. The van der Waals surface area contributed by atoms with E-state index in [0.717, 1.165) is 30.0 Å². The molecule has 0 aliphatic heterocycles. The average Bonchev–Trinajstić information content (AvgIpc) is 2.87. The molecule has 0 unspecified atom stereocenters. The van der Waals surface area contributed by atoms with E-state index in [9.17, 15) is 9.59 Å². The second-order valence-electron chi connectivity index (χ2n) is 4.67. The van der Waals surface area contributed by atoms with E-state index in [-0.39, 0.29) is 10.8 Å². The van der Waals surface area contributed by atoms with Crippen LogP contribution in [0.25, 0.3) is 0 Å². The summed E-state index contributed by atoms with van der Waals surface area (Å²) in [6.45, 7) is 5.03. The summed E-state index contributed by atoms with van der Waals surface area (Å²) in [5.41, 5.74) is 2.04. The van der Waals surface area contributed by atoms with Gasteiger partial charge in [0.1, 0.15) is 5.82 Å². The minimum Gasteiger partial charge on any atom is -0.370 e. The normalized spacial score (nSPS) is 10.4. The van der Waals surface area contributed by atoms with Crippen molar-refractivity contribution in [1.29, 1.82) is 0 Å². The molecule has 0 bridgehead atoms. The van der Waals surface area contributed by atoms with Crippen LogP contribution in [0.5, 0.6) is 0 Å². The lowest BCUT2D eigenvalue weighted by atomic mass is 10.2. The number of carbonyl (C=O) groups is 1. The van der Waals surface area contributed by atoms with Gasteiger partial charge in [0.15, 0.2) is 0 Å². The largest absolute Gasteiger partial charge is 0.370 e. The number of H-pyrrole nitrogens is 1. The number of hydrogen-bond acceptors (Lipinski definition) is 5. The molecule has 2 aromatic heterocycles. The lowest BCUT2D eigenvalue weighted by Gasteiger charge is -2.09. The van der Waals surface area contributed by atoms with Crippen LogP contribution in [-0.4, -0.2) is 22.4 Å². The molecule has 0 radical (unpaired) electrons. The Morgan fingerprint density at radius 3 is 2.90 bits per heavy atom. The van der Waals surface area contributed by atoms with Gasteiger partial charge >= 0.3 is 4.87 Å². The lowest BCUT2D eigenvalue weighted by Crippen LogP contribution is -2.23. The maximum Gasteiger partial charge on any atom is 0.304 e. The summed E-state index contributed by atoms with van der Waals surface area (Å²) in [7, 11) is 0. The Bertz CT molecular complexity index is 678. The van der Waals surface area contributed by atoms with Crippen LogP contribution in [0.1, 0.15) is 35.1 Å². The Morgan fingerprint density at radius 1 is 1.43 bits per heavy atom. The van der Waals surface area contributed by atoms with Crippen LogP contribution >= 0.6 is 11.3 Å². The summed E-state index contributed by atoms with van der Waals surface area (Å²) in [4.78, 5) is 30.1. The van der Waals surface area contributed by atoms with Crippen molar-refractivity contribution in [1.82, 2.24) is 15.3 Å². The predicted octanol–water partition coefficient (Wildman–Crippen LogP) is 1.89. The number of carbonyl (C=O) groups excluding carboxylic acids is 1. The van der Waals surface area contributed by atoms with Gasteiger partial charge in [0, 0.05) is 28.9 Å². The molecule has 0 aliphatic rings. The molecule has 0 fully saturated rings. The molecular weight excluding hydrogens is 288 g/mol. The van der Waals surface area contributed by atoms with Gasteiger partial charge in [0.2, 0.25) is 0 Å². The summed E-state index contributed by atoms with van der Waals surface area (Å²) < 4.78 is 0. The van der Waals surface area contributed by atoms with Crippen molar-refractivity contribution in [3.8, 4) is 0 Å². The molecule has 2 heterocycles. The first-order valence-corrected chi connectivity index (χ1v) is 7.64. The standard InChI is InChI=1S/C14H18N4O2S/c1-3-4-15-12-6-10(5-9(2)17-12)13(19)16-7-11-8-21-14(20)18-11/h5-6,8H,3-4,7H2,1-2H3,(H,15,17)(H,16,19)(H,18,20). The maximum atomic E-state index is 12.1. The monoisotopic (exact) mass is 306 g/mol. The highest BCUT2D eigenvalue weighted by Gasteiger charge is 2.09. The smallest absolute Gasteiger partial charge is 0.304 e. The van der Waals surface area contributed by atoms with Crippen molar-refractivity contribution in [2.75, 3.05) is 11.9 Å². The molecule has 112 valence electrons. The van der Waals surface area contributed by atoms with Crippen LogP contribution < -0.4 is 15.5 Å². The molecule has 21 heavy (non-hydrogen) atoms. The number of nitrogens with one attached hydrogen (secondary N) is 3. The minimum atomic E-state index is -0.188. The van der Waals surface area contributed by atoms with Crippen LogP contribution in [0.3, 0.4) is 0 Å². The molecule has 0 spiro atoms. The van der Waals surface area contributed by atoms with Gasteiger partial charge in [-0.1, -0.05) is 18.3 Å². The lowest BCUT2D eigenvalue weighted by molar-refractivity contribution is 0.0950. The highest BCUT2D eigenvalue weighted by Crippen LogP contribution is 2.10. The quantitative estimate of drug-likeness (QED) is 0.760. The van der Waals surface area contributed by atoms with Crippen molar-refractivity contribution in [3.63, 3.8) is 0 Å². The first-order valence-electron chi connectivity index (χ1n) is 6.76. The molecule has 1 amide bonds. The van der Waals surface area contributed by atoms with E-state index in [0.29, 0.717) is 23.6 Å². The fourth-order valence-electron chi connectivity index (χ4n) is 1.82. The summed E-state index contributed by atoms with van der Waals surface area (Å²) >= 11 is 1.08. The van der Waals surface area contributed by atoms with Crippen LogP contribution in [0.15, 0.2) is 22.3 Å². The molecule has 7 heteroatoms. The summed E-state index contributed by atoms with van der Waals surface area (Å²) in [6.07, 6.45) is 0.989. The molecule has 0 aliphatic carbocycles. The van der Waals surface area contributed by atoms with Crippen molar-refractivity contribution in [2.24, 2.45) is 0 Å². The molecule has 2 aromatic rings. The van der Waals surface area contributed by atoms with E-state index < -0.39 is 0 Å². The third-order valence-corrected chi connectivity index (χ3v) is 3.50. The average molecular weight is 306 g/mol. The number of pyridine rings is 1. The van der Waals surface area contributed by atoms with Gasteiger partial charge < -0.3 is 15.6 Å². The van der Waals surface area contributed by atoms with Gasteiger partial charge in [-0.3, -0.25) is 9.59 Å². The van der Waals surface area contributed by atoms with E-state index in [2.05, 4.69) is 27.5 Å². The van der Waals surface area contributed by atoms with Gasteiger partial charge in [0.05, 0.1) is 6.54 Å². The van der Waals surface area contributed by atoms with Crippen LogP contribution in [-0.2, 0) is 6.54 Å². The number of hydrogen-bond donors (Lipinski definition) is 3. The highest BCUT2D eigenvalue weighted by molar-refractivity contribution is 7.07. The van der Waals surface area contributed by atoms with E-state index in [1.54, 1.807) is 17.5 Å². The maximum absolute atomic E-state index is 12.1. The molecule has 0 saturated heterocycles. The minimum absolute atomic E-state index is 0.120. The molecule has 2 rings (SSSR count). The van der Waals surface area contributed by atoms with E-state index in [1.165, 1.54) is 0 Å². The number of amides is 1. The Labute approximate surface area is 126 Å². The topological polar surface area (TPSA) is 86.9 Å². The van der Waals surface area contributed by atoms with Crippen LogP contribution in [0, 0.1) is 6.92 Å². The molecule has 0 atom stereocenters. The van der Waals surface area contributed by atoms with E-state index in [4.69, 9.17) is 0 Å². The number of nitrogens with zero attached hydrogens (tertiary/aromatic N) is 1. The van der Waals surface area contributed by atoms with Gasteiger partial charge in [-0.05, 0) is 25.5 Å². The van der Waals surface area contributed by atoms with Gasteiger partial charge in [-0.15, -0.1) is 0 Å². The molecular formula is C14H18N4O2S. The summed E-state index contributed by atoms with van der Waals surface area (Å²) in [5.74, 6) is 0.512. The number of thiazole rings is 1. The van der Waals surface area contributed by atoms with E-state index in [1.807, 2.05) is 6.92 Å². The van der Waals surface area contributed by atoms with Crippen LogP contribution in [0.4, 0.5) is 5.82 Å². The first-order chi connectivity index (χ1) is 10.1. The Balaban J connectivity index is 2.04.